The fraction of sp³-hybridized carbons (Fsp3) is 0.867. The molecule has 4 N–H and O–H groups in total. The van der Waals surface area contributed by atoms with Gasteiger partial charge in [-0.2, -0.15) is 0 Å². The molecule has 10 nitrogen and oxygen atoms in total. The van der Waals surface area contributed by atoms with Crippen LogP contribution in [0.4, 0.5) is 0 Å². The van der Waals surface area contributed by atoms with Crippen LogP contribution < -0.4 is 5.73 Å². The molecule has 11 heteroatoms. The first-order chi connectivity index (χ1) is 27.2. The summed E-state index contributed by atoms with van der Waals surface area (Å²) in [6.07, 6.45) is 45.2. The van der Waals surface area contributed by atoms with Gasteiger partial charge in [-0.25, -0.2) is 4.57 Å². The molecule has 0 aromatic rings. The lowest BCUT2D eigenvalue weighted by atomic mass is 10.0. The number of ether oxygens (including phenoxy) is 2. The van der Waals surface area contributed by atoms with Gasteiger partial charge in [0.25, 0.3) is 0 Å². The van der Waals surface area contributed by atoms with Crippen LogP contribution in [0.2, 0.25) is 0 Å². The summed E-state index contributed by atoms with van der Waals surface area (Å²) >= 11 is 0. The normalized spacial score (nSPS) is 14.1. The highest BCUT2D eigenvalue weighted by atomic mass is 31.2. The third-order valence-electron chi connectivity index (χ3n) is 9.96. The summed E-state index contributed by atoms with van der Waals surface area (Å²) in [7, 11) is -4.62. The third kappa shape index (κ3) is 40.6. The number of rotatable bonds is 44. The maximum absolute atomic E-state index is 12.6. The molecule has 0 radical (unpaired) electrons. The van der Waals surface area contributed by atoms with Crippen molar-refractivity contribution in [2.75, 3.05) is 26.4 Å². The highest BCUT2D eigenvalue weighted by Gasteiger charge is 2.27. The molecular weight excluding hydrogens is 729 g/mol. The molecule has 0 fully saturated rings. The number of hydrogen-bond donors (Lipinski definition) is 3. The third-order valence-corrected chi connectivity index (χ3v) is 10.9. The molecule has 0 rings (SSSR count). The lowest BCUT2D eigenvalue weighted by Gasteiger charge is -2.20. The van der Waals surface area contributed by atoms with Crippen LogP contribution in [0.1, 0.15) is 213 Å². The van der Waals surface area contributed by atoms with Gasteiger partial charge in [0.15, 0.2) is 0 Å². The molecule has 0 aromatic heterocycles. The van der Waals surface area contributed by atoms with Gasteiger partial charge in [-0.1, -0.05) is 192 Å². The molecule has 0 aliphatic rings. The van der Waals surface area contributed by atoms with Gasteiger partial charge in [0.1, 0.15) is 12.1 Å². The van der Waals surface area contributed by atoms with Crippen LogP contribution in [-0.4, -0.2) is 60.5 Å². The number of carbonyl (C=O) groups excluding carboxylic acids is 1. The number of unbranched alkanes of at least 4 members (excludes halogenated alkanes) is 26. The number of carbonyl (C=O) groups is 2. The van der Waals surface area contributed by atoms with Gasteiger partial charge in [-0.05, 0) is 38.5 Å². The first-order valence-corrected chi connectivity index (χ1v) is 24.4. The average molecular weight is 816 g/mol. The van der Waals surface area contributed by atoms with E-state index in [2.05, 4.69) is 38.2 Å². The van der Waals surface area contributed by atoms with Crippen molar-refractivity contribution >= 4 is 19.8 Å². The maximum atomic E-state index is 12.6. The fourth-order valence-corrected chi connectivity index (χ4v) is 7.19. The van der Waals surface area contributed by atoms with E-state index in [0.29, 0.717) is 13.0 Å². The van der Waals surface area contributed by atoms with Crippen LogP contribution in [0.3, 0.4) is 0 Å². The van der Waals surface area contributed by atoms with Crippen LogP contribution in [0, 0.1) is 0 Å². The molecule has 0 saturated heterocycles. The smallest absolute Gasteiger partial charge is 0.472 e. The Morgan fingerprint density at radius 1 is 0.571 bits per heavy atom. The highest BCUT2D eigenvalue weighted by molar-refractivity contribution is 7.47. The molecular formula is C45H86NO9P. The van der Waals surface area contributed by atoms with Crippen molar-refractivity contribution in [1.29, 1.82) is 0 Å². The summed E-state index contributed by atoms with van der Waals surface area (Å²) in [6.45, 7) is 3.82. The summed E-state index contributed by atoms with van der Waals surface area (Å²) in [6, 6.07) is -1.47. The number of allylic oxidation sites excluding steroid dienone is 4. The van der Waals surface area contributed by atoms with Gasteiger partial charge < -0.3 is 25.2 Å². The number of esters is 1. The van der Waals surface area contributed by atoms with Crippen molar-refractivity contribution in [3.8, 4) is 0 Å². The lowest BCUT2D eigenvalue weighted by molar-refractivity contribution is -0.154. The van der Waals surface area contributed by atoms with Crippen LogP contribution in [0.25, 0.3) is 0 Å². The van der Waals surface area contributed by atoms with Crippen LogP contribution in [-0.2, 0) is 32.7 Å². The summed E-state index contributed by atoms with van der Waals surface area (Å²) in [5.41, 5.74) is 5.36. The Labute approximate surface area is 343 Å². The zero-order valence-electron chi connectivity index (χ0n) is 36.0. The van der Waals surface area contributed by atoms with Gasteiger partial charge in [0, 0.05) is 13.0 Å². The zero-order valence-corrected chi connectivity index (χ0v) is 36.9. The second-order valence-corrected chi connectivity index (χ2v) is 17.0. The molecule has 0 spiro atoms. The predicted molar refractivity (Wildman–Crippen MR) is 231 cm³/mol. The van der Waals surface area contributed by atoms with Crippen molar-refractivity contribution < 1.29 is 42.7 Å². The maximum Gasteiger partial charge on any atom is 0.472 e. The van der Waals surface area contributed by atoms with E-state index < -0.39 is 45.1 Å². The van der Waals surface area contributed by atoms with Crippen molar-refractivity contribution in [2.24, 2.45) is 5.73 Å². The van der Waals surface area contributed by atoms with Crippen molar-refractivity contribution in [2.45, 2.75) is 225 Å². The molecule has 0 amide bonds. The minimum atomic E-state index is -4.62. The Hall–Kier alpha value is -1.55. The fourth-order valence-electron chi connectivity index (χ4n) is 6.41. The number of aliphatic carboxylic acids is 1. The van der Waals surface area contributed by atoms with E-state index in [1.54, 1.807) is 0 Å². The molecule has 0 aliphatic heterocycles. The monoisotopic (exact) mass is 816 g/mol. The van der Waals surface area contributed by atoms with E-state index in [-0.39, 0.29) is 13.0 Å². The summed E-state index contributed by atoms with van der Waals surface area (Å²) in [5.74, 6) is -1.78. The van der Waals surface area contributed by atoms with E-state index in [0.717, 1.165) is 51.4 Å². The second kappa shape index (κ2) is 41.6. The van der Waals surface area contributed by atoms with E-state index in [4.69, 9.17) is 29.4 Å². The van der Waals surface area contributed by atoms with Crippen LogP contribution >= 0.6 is 7.82 Å². The Balaban J connectivity index is 4.16. The largest absolute Gasteiger partial charge is 0.480 e. The average Bonchev–Trinajstić information content (AvgIpc) is 3.18. The minimum absolute atomic E-state index is 0.0135. The second-order valence-electron chi connectivity index (χ2n) is 15.5. The Kier molecular flexibility index (Phi) is 40.5. The van der Waals surface area contributed by atoms with Gasteiger partial charge in [0.2, 0.25) is 0 Å². The Morgan fingerprint density at radius 3 is 1.52 bits per heavy atom. The Morgan fingerprint density at radius 2 is 1.02 bits per heavy atom. The topological polar surface area (TPSA) is 155 Å². The number of hydrogen-bond acceptors (Lipinski definition) is 8. The Bertz CT molecular complexity index is 993. The van der Waals surface area contributed by atoms with Crippen molar-refractivity contribution in [3.63, 3.8) is 0 Å². The number of phosphoric ester groups is 1. The molecule has 0 aliphatic carbocycles. The van der Waals surface area contributed by atoms with E-state index in [1.165, 1.54) is 135 Å². The summed E-state index contributed by atoms with van der Waals surface area (Å²) in [5, 5.41) is 8.90. The van der Waals surface area contributed by atoms with Gasteiger partial charge in [-0.15, -0.1) is 0 Å². The van der Waals surface area contributed by atoms with Crippen LogP contribution in [0.15, 0.2) is 24.3 Å². The quantitative estimate of drug-likeness (QED) is 0.0234. The molecule has 0 aromatic carbocycles. The SMILES string of the molecule is CCC/C=C\C/C=C\CCCCCCCCOCC(COP(=O)(O)OCC(N)C(=O)O)OC(=O)CCCCCCCCCCCCCCCCCCCCCC. The van der Waals surface area contributed by atoms with E-state index in [1.807, 2.05) is 0 Å². The lowest BCUT2D eigenvalue weighted by Crippen LogP contribution is -2.34. The van der Waals surface area contributed by atoms with Crippen molar-refractivity contribution in [1.82, 2.24) is 0 Å². The molecule has 0 heterocycles. The number of carboxylic acid groups (broad SMARTS) is 1. The minimum Gasteiger partial charge on any atom is -0.480 e. The number of nitrogens with two attached hydrogens (primary N) is 1. The number of carboxylic acids is 1. The van der Waals surface area contributed by atoms with Gasteiger partial charge in [-0.3, -0.25) is 18.6 Å². The number of phosphoric acid groups is 1. The summed E-state index contributed by atoms with van der Waals surface area (Å²) in [4.78, 5) is 33.6. The molecule has 0 saturated carbocycles. The first-order valence-electron chi connectivity index (χ1n) is 22.9. The predicted octanol–water partition coefficient (Wildman–Crippen LogP) is 12.7. The van der Waals surface area contributed by atoms with Crippen LogP contribution in [0.5, 0.6) is 0 Å². The van der Waals surface area contributed by atoms with Crippen molar-refractivity contribution in [3.05, 3.63) is 24.3 Å². The van der Waals surface area contributed by atoms with E-state index in [9.17, 15) is 19.0 Å². The molecule has 3 atom stereocenters. The zero-order chi connectivity index (χ0) is 41.2. The molecule has 0 bridgehead atoms. The van der Waals surface area contributed by atoms with Gasteiger partial charge >= 0.3 is 19.8 Å². The van der Waals surface area contributed by atoms with Gasteiger partial charge in [0.05, 0.1) is 19.8 Å². The first kappa shape index (κ1) is 54.5. The molecule has 3 unspecified atom stereocenters. The molecule has 330 valence electrons. The summed E-state index contributed by atoms with van der Waals surface area (Å²) < 4.78 is 33.4. The standard InChI is InChI=1S/C45H86NO9P/c1-3-5-7-9-11-13-15-17-19-20-21-22-23-24-25-27-29-31-33-35-37-44(47)55-42(40-53-56(50,51)54-41-43(46)45(48)49)39-52-38-36-34-32-30-28-26-18-16-14-12-10-8-6-4-2/h8,10,14,16,42-43H,3-7,9,11-13,15,17-41,46H2,1-2H3,(H,48,49)(H,50,51)/b10-8-,16-14-. The molecule has 56 heavy (non-hydrogen) atoms. The van der Waals surface area contributed by atoms with E-state index >= 15 is 0 Å². The highest BCUT2D eigenvalue weighted by Crippen LogP contribution is 2.43.